The van der Waals surface area contributed by atoms with Crippen LogP contribution >= 0.6 is 0 Å². The van der Waals surface area contributed by atoms with E-state index in [-0.39, 0.29) is 31.1 Å². The highest BCUT2D eigenvalue weighted by Crippen LogP contribution is 2.29. The second-order valence-corrected chi connectivity index (χ2v) is 13.0. The molecule has 0 saturated carbocycles. The number of nitrogens with one attached hydrogen (secondary N) is 2. The highest BCUT2D eigenvalue weighted by molar-refractivity contribution is 5.70. The largest absolute Gasteiger partial charge is 0.446 e. The van der Waals surface area contributed by atoms with Crippen LogP contribution in [-0.4, -0.2) is 96.6 Å². The van der Waals surface area contributed by atoms with Crippen LogP contribution in [0.15, 0.2) is 30.7 Å². The summed E-state index contributed by atoms with van der Waals surface area (Å²) < 4.78 is 27.3. The van der Waals surface area contributed by atoms with Gasteiger partial charge in [-0.1, -0.05) is 13.8 Å². The second kappa shape index (κ2) is 12.4. The maximum Gasteiger partial charge on any atom is 0.410 e. The van der Waals surface area contributed by atoms with Crippen molar-refractivity contribution in [2.24, 2.45) is 0 Å². The number of pyridine rings is 1. The summed E-state index contributed by atoms with van der Waals surface area (Å²) in [6, 6.07) is 3.88. The molecule has 13 nitrogen and oxygen atoms in total. The van der Waals surface area contributed by atoms with E-state index >= 15 is 0 Å². The van der Waals surface area contributed by atoms with Gasteiger partial charge in [-0.05, 0) is 64.2 Å². The van der Waals surface area contributed by atoms with Gasteiger partial charge in [0.2, 0.25) is 11.9 Å². The first kappa shape index (κ1) is 31.2. The first-order chi connectivity index (χ1) is 20.8. The molecule has 44 heavy (non-hydrogen) atoms. The lowest BCUT2D eigenvalue weighted by Gasteiger charge is -2.44. The average molecular weight is 612 g/mol. The molecule has 0 unspecified atom stereocenters. The van der Waals surface area contributed by atoms with Gasteiger partial charge in [-0.25, -0.2) is 14.0 Å². The molecule has 0 bridgehead atoms. The topological polar surface area (TPSA) is 139 Å². The Morgan fingerprint density at radius 2 is 1.75 bits per heavy atom. The third-order valence-corrected chi connectivity index (χ3v) is 7.71. The lowest BCUT2D eigenvalue weighted by molar-refractivity contribution is -0.0784. The van der Waals surface area contributed by atoms with Gasteiger partial charge < -0.3 is 29.9 Å². The second-order valence-electron chi connectivity index (χ2n) is 13.0. The van der Waals surface area contributed by atoms with Crippen LogP contribution in [0, 0.1) is 0 Å². The number of carbonyl (C=O) groups is 2. The number of fused-ring (bicyclic) bond motifs is 1. The normalized spacial score (nSPS) is 17.7. The third-order valence-electron chi connectivity index (χ3n) is 7.71. The molecule has 2 aliphatic rings. The fraction of sp³-hybridized carbons (Fsp3) is 0.600. The van der Waals surface area contributed by atoms with Crippen LogP contribution in [0.5, 0.6) is 0 Å². The van der Waals surface area contributed by atoms with Gasteiger partial charge in [-0.15, -0.1) is 0 Å². The van der Waals surface area contributed by atoms with Crippen molar-refractivity contribution in [2.45, 2.75) is 83.7 Å². The van der Waals surface area contributed by atoms with Gasteiger partial charge in [0.05, 0.1) is 25.3 Å². The molecule has 0 spiro atoms. The Morgan fingerprint density at radius 1 is 1.07 bits per heavy atom. The van der Waals surface area contributed by atoms with Crippen LogP contribution in [0.25, 0.3) is 5.65 Å². The summed E-state index contributed by atoms with van der Waals surface area (Å²) in [7, 11) is 0. The maximum atomic E-state index is 15.0. The Bertz CT molecular complexity index is 1460. The lowest BCUT2D eigenvalue weighted by atomic mass is 9.98. The Hall–Kier alpha value is -4.23. The predicted molar refractivity (Wildman–Crippen MR) is 162 cm³/mol. The molecule has 3 aromatic heterocycles. The van der Waals surface area contributed by atoms with Crippen molar-refractivity contribution < 1.29 is 23.5 Å². The van der Waals surface area contributed by atoms with E-state index < -0.39 is 30.1 Å². The number of rotatable bonds is 8. The summed E-state index contributed by atoms with van der Waals surface area (Å²) in [6.45, 7) is 11.6. The lowest BCUT2D eigenvalue weighted by Crippen LogP contribution is -2.64. The average Bonchev–Trinajstić information content (AvgIpc) is 3.39. The summed E-state index contributed by atoms with van der Waals surface area (Å²) >= 11 is 0. The zero-order chi connectivity index (χ0) is 31.6. The third kappa shape index (κ3) is 7.28. The minimum Gasteiger partial charge on any atom is -0.446 e. The van der Waals surface area contributed by atoms with Crippen molar-refractivity contribution in [3.05, 3.63) is 41.9 Å². The van der Waals surface area contributed by atoms with Gasteiger partial charge in [0, 0.05) is 37.1 Å². The molecular weight excluding hydrogens is 569 g/mol. The molecule has 5 heterocycles. The van der Waals surface area contributed by atoms with Gasteiger partial charge in [0.15, 0.2) is 11.3 Å². The van der Waals surface area contributed by atoms with Gasteiger partial charge in [0.1, 0.15) is 12.2 Å². The van der Waals surface area contributed by atoms with E-state index in [1.54, 1.807) is 42.6 Å². The van der Waals surface area contributed by atoms with Crippen molar-refractivity contribution >= 4 is 29.7 Å². The maximum absolute atomic E-state index is 15.0. The van der Waals surface area contributed by atoms with Crippen molar-refractivity contribution in [3.8, 4) is 0 Å². The van der Waals surface area contributed by atoms with E-state index in [9.17, 15) is 14.0 Å². The van der Waals surface area contributed by atoms with Gasteiger partial charge >= 0.3 is 12.2 Å². The molecule has 2 saturated heterocycles. The van der Waals surface area contributed by atoms with Crippen molar-refractivity contribution in [3.63, 3.8) is 0 Å². The number of alkyl halides is 1. The SMILES string of the molecule is CC(C)c1cnn2c(NC3CCN(C(=O)OCC4(F)CN(C(=O)OC(C)(C)C)C4)CC3)nc(N[C@H](C)c3ccncc3)nc12. The van der Waals surface area contributed by atoms with Crippen LogP contribution in [0.1, 0.15) is 77.5 Å². The summed E-state index contributed by atoms with van der Waals surface area (Å²) in [5, 5.41) is 11.5. The fourth-order valence-electron chi connectivity index (χ4n) is 5.24. The van der Waals surface area contributed by atoms with Crippen molar-refractivity contribution in [1.82, 2.24) is 34.4 Å². The number of piperidine rings is 1. The Balaban J connectivity index is 1.16. The molecule has 2 N–H and O–H groups in total. The number of ether oxygens (including phenoxy) is 2. The Labute approximate surface area is 256 Å². The molecule has 14 heteroatoms. The summed E-state index contributed by atoms with van der Waals surface area (Å²) in [4.78, 5) is 41.3. The number of likely N-dealkylation sites (tertiary alicyclic amines) is 2. The summed E-state index contributed by atoms with van der Waals surface area (Å²) in [5.41, 5.74) is 0.366. The summed E-state index contributed by atoms with van der Waals surface area (Å²) in [6.07, 6.45) is 5.47. The number of carbonyl (C=O) groups excluding carboxylic acids is 2. The smallest absolute Gasteiger partial charge is 0.410 e. The fourth-order valence-corrected chi connectivity index (χ4v) is 5.24. The standard InChI is InChI=1S/C30H42FN9O4/c1-19(2)23-15-33-40-24(23)36-25(34-20(3)21-7-11-32-12-8-21)37-26(40)35-22-9-13-38(14-10-22)27(41)43-18-30(31)16-39(17-30)28(42)44-29(4,5)6/h7-8,11-12,15,19-20,22H,9-10,13-14,16-18H2,1-6H3,(H2,34,35,36,37)/t20-/m1/s1. The molecular formula is C30H42FN9O4. The van der Waals surface area contributed by atoms with Crippen molar-refractivity contribution in [1.29, 1.82) is 0 Å². The number of halogens is 1. The number of anilines is 2. The van der Waals surface area contributed by atoms with Crippen LogP contribution < -0.4 is 10.6 Å². The van der Waals surface area contributed by atoms with Crippen LogP contribution in [0.3, 0.4) is 0 Å². The van der Waals surface area contributed by atoms with Crippen molar-refractivity contribution in [2.75, 3.05) is 43.4 Å². The van der Waals surface area contributed by atoms with Crippen LogP contribution in [0.4, 0.5) is 25.9 Å². The molecule has 5 rings (SSSR count). The summed E-state index contributed by atoms with van der Waals surface area (Å²) in [5.74, 6) is 1.26. The molecule has 2 aliphatic heterocycles. The van der Waals surface area contributed by atoms with E-state index in [0.29, 0.717) is 37.8 Å². The van der Waals surface area contributed by atoms with Gasteiger partial charge in [-0.2, -0.15) is 19.6 Å². The molecule has 1 atom stereocenters. The Kier molecular flexibility index (Phi) is 8.80. The first-order valence-electron chi connectivity index (χ1n) is 15.1. The molecule has 0 radical (unpaired) electrons. The highest BCUT2D eigenvalue weighted by Gasteiger charge is 2.48. The molecule has 2 amide bonds. The number of amides is 2. The minimum absolute atomic E-state index is 0.0239. The molecule has 0 aromatic carbocycles. The highest BCUT2D eigenvalue weighted by atomic mass is 19.1. The van der Waals surface area contributed by atoms with Crippen LogP contribution in [0.2, 0.25) is 0 Å². The quantitative estimate of drug-likeness (QED) is 0.366. The number of nitrogens with zero attached hydrogens (tertiary/aromatic N) is 7. The Morgan fingerprint density at radius 3 is 2.39 bits per heavy atom. The molecule has 0 aliphatic carbocycles. The van der Waals surface area contributed by atoms with E-state index in [4.69, 9.17) is 19.4 Å². The van der Waals surface area contributed by atoms with E-state index in [0.717, 1.165) is 16.8 Å². The monoisotopic (exact) mass is 611 g/mol. The zero-order valence-corrected chi connectivity index (χ0v) is 26.2. The van der Waals surface area contributed by atoms with E-state index in [1.165, 1.54) is 4.90 Å². The molecule has 238 valence electrons. The van der Waals surface area contributed by atoms with Gasteiger partial charge in [-0.3, -0.25) is 4.98 Å². The number of hydrogen-bond donors (Lipinski definition) is 2. The predicted octanol–water partition coefficient (Wildman–Crippen LogP) is 4.79. The zero-order valence-electron chi connectivity index (χ0n) is 26.2. The van der Waals surface area contributed by atoms with E-state index in [1.807, 2.05) is 25.3 Å². The first-order valence-corrected chi connectivity index (χ1v) is 15.1. The molecule has 3 aromatic rings. The van der Waals surface area contributed by atoms with E-state index in [2.05, 4.69) is 34.6 Å². The minimum atomic E-state index is -1.77. The number of hydrogen-bond acceptors (Lipinski definition) is 10. The molecule has 2 fully saturated rings. The number of aromatic nitrogens is 5. The van der Waals surface area contributed by atoms with Gasteiger partial charge in [0.25, 0.3) is 0 Å². The van der Waals surface area contributed by atoms with Crippen LogP contribution in [-0.2, 0) is 9.47 Å².